The number of allylic oxidation sites excluding steroid dienone is 5. The van der Waals surface area contributed by atoms with Gasteiger partial charge in [0.2, 0.25) is 0 Å². The monoisotopic (exact) mass is 619 g/mol. The van der Waals surface area contributed by atoms with Gasteiger partial charge < -0.3 is 20.9 Å². The molecule has 1 aromatic heterocycles. The van der Waals surface area contributed by atoms with E-state index in [1.807, 2.05) is 26.2 Å². The molecule has 0 radical (unpaired) electrons. The predicted molar refractivity (Wildman–Crippen MR) is 205 cm³/mol. The first-order valence-corrected chi connectivity index (χ1v) is 16.6. The van der Waals surface area contributed by atoms with Crippen molar-refractivity contribution in [1.82, 2.24) is 15.6 Å². The zero-order valence-corrected chi connectivity index (χ0v) is 29.6. The molecule has 3 aromatic rings. The lowest BCUT2D eigenvalue weighted by molar-refractivity contribution is 0.719. The maximum absolute atomic E-state index is 4.70. The van der Waals surface area contributed by atoms with Crippen LogP contribution >= 0.6 is 0 Å². The molecule has 1 heterocycles. The molecule has 0 aliphatic rings. The zero-order chi connectivity index (χ0) is 33.9. The topological polar surface area (TPSA) is 52.2 Å². The van der Waals surface area contributed by atoms with Gasteiger partial charge in [-0.2, -0.15) is 0 Å². The van der Waals surface area contributed by atoms with E-state index in [0.717, 1.165) is 55.1 Å². The molecule has 0 bridgehead atoms. The Morgan fingerprint density at radius 1 is 0.978 bits per heavy atom. The van der Waals surface area contributed by atoms with Crippen LogP contribution in [0.1, 0.15) is 62.9 Å². The van der Waals surface area contributed by atoms with Gasteiger partial charge in [0.1, 0.15) is 0 Å². The second-order valence-corrected chi connectivity index (χ2v) is 11.4. The first-order chi connectivity index (χ1) is 22.2. The van der Waals surface area contributed by atoms with Crippen molar-refractivity contribution in [3.05, 3.63) is 132 Å². The van der Waals surface area contributed by atoms with E-state index in [4.69, 9.17) is 4.98 Å². The van der Waals surface area contributed by atoms with Gasteiger partial charge in [-0.15, -0.1) is 0 Å². The molecule has 0 spiro atoms. The van der Waals surface area contributed by atoms with E-state index in [-0.39, 0.29) is 0 Å². The number of nitrogens with one attached hydrogen (secondary N) is 3. The Morgan fingerprint density at radius 3 is 2.30 bits per heavy atom. The van der Waals surface area contributed by atoms with Gasteiger partial charge in [0, 0.05) is 44.8 Å². The summed E-state index contributed by atoms with van der Waals surface area (Å²) in [7, 11) is 6.17. The molecule has 0 atom stereocenters. The molecule has 0 aliphatic carbocycles. The SMILES string of the molecule is C=CC(=C)/C=C\C(=C/C)CNCCC.CCC=C(Nc1cccc(-c2cccc(N(C)C)c2CC)c1C)c1ccc(CNC)cn1. The number of hydrogen-bond donors (Lipinski definition) is 3. The lowest BCUT2D eigenvalue weighted by Crippen LogP contribution is -2.16. The number of pyridine rings is 1. The molecule has 0 amide bonds. The van der Waals surface area contributed by atoms with Crippen LogP contribution in [0.25, 0.3) is 16.8 Å². The highest BCUT2D eigenvalue weighted by molar-refractivity contribution is 5.83. The molecule has 0 fully saturated rings. The number of rotatable bonds is 16. The van der Waals surface area contributed by atoms with Gasteiger partial charge in [0.05, 0.1) is 11.4 Å². The van der Waals surface area contributed by atoms with Crippen molar-refractivity contribution in [3.8, 4) is 11.1 Å². The number of benzene rings is 2. The summed E-state index contributed by atoms with van der Waals surface area (Å²) in [6.07, 6.45) is 15.2. The maximum atomic E-state index is 4.70. The fourth-order valence-electron chi connectivity index (χ4n) is 5.09. The zero-order valence-electron chi connectivity index (χ0n) is 29.6. The highest BCUT2D eigenvalue weighted by Crippen LogP contribution is 2.36. The van der Waals surface area contributed by atoms with Crippen LogP contribution in [0.15, 0.2) is 109 Å². The van der Waals surface area contributed by atoms with Crippen molar-refractivity contribution in [2.45, 2.75) is 60.4 Å². The smallest absolute Gasteiger partial charge is 0.0861 e. The Bertz CT molecular complexity index is 1480. The highest BCUT2D eigenvalue weighted by atomic mass is 15.1. The van der Waals surface area contributed by atoms with Crippen LogP contribution in [0.2, 0.25) is 0 Å². The van der Waals surface area contributed by atoms with Crippen molar-refractivity contribution < 1.29 is 0 Å². The number of aromatic nitrogens is 1. The molecule has 0 unspecified atom stereocenters. The van der Waals surface area contributed by atoms with E-state index in [2.05, 4.69) is 143 Å². The Labute approximate surface area is 279 Å². The maximum Gasteiger partial charge on any atom is 0.0861 e. The molecule has 0 aliphatic heterocycles. The molecule has 5 heteroatoms. The average Bonchev–Trinajstić information content (AvgIpc) is 3.07. The number of hydrogen-bond acceptors (Lipinski definition) is 5. The lowest BCUT2D eigenvalue weighted by Gasteiger charge is -2.22. The van der Waals surface area contributed by atoms with Crippen molar-refractivity contribution in [2.75, 3.05) is 44.4 Å². The summed E-state index contributed by atoms with van der Waals surface area (Å²) in [6, 6.07) is 17.3. The predicted octanol–water partition coefficient (Wildman–Crippen LogP) is 9.50. The van der Waals surface area contributed by atoms with E-state index < -0.39 is 0 Å². The van der Waals surface area contributed by atoms with Crippen molar-refractivity contribution >= 4 is 17.1 Å². The summed E-state index contributed by atoms with van der Waals surface area (Å²) in [6.45, 7) is 21.1. The number of nitrogens with zero attached hydrogens (tertiary/aromatic N) is 2. The van der Waals surface area contributed by atoms with Gasteiger partial charge in [-0.1, -0.05) is 94.6 Å². The summed E-state index contributed by atoms with van der Waals surface area (Å²) in [4.78, 5) is 6.90. The third kappa shape index (κ3) is 11.6. The first kappa shape index (κ1) is 38.0. The quantitative estimate of drug-likeness (QED) is 0.110. The minimum atomic E-state index is 0.820. The molecular weight excluding hydrogens is 562 g/mol. The summed E-state index contributed by atoms with van der Waals surface area (Å²) < 4.78 is 0. The third-order valence-corrected chi connectivity index (χ3v) is 7.67. The fourth-order valence-corrected chi connectivity index (χ4v) is 5.09. The van der Waals surface area contributed by atoms with E-state index >= 15 is 0 Å². The van der Waals surface area contributed by atoms with Crippen molar-refractivity contribution in [1.29, 1.82) is 0 Å². The van der Waals surface area contributed by atoms with Crippen LogP contribution in [0.5, 0.6) is 0 Å². The minimum absolute atomic E-state index is 0.820. The van der Waals surface area contributed by atoms with Crippen LogP contribution < -0.4 is 20.9 Å². The van der Waals surface area contributed by atoms with Crippen LogP contribution in [0.4, 0.5) is 11.4 Å². The van der Waals surface area contributed by atoms with Crippen molar-refractivity contribution in [2.24, 2.45) is 0 Å². The molecule has 2 aromatic carbocycles. The molecule has 3 N–H and O–H groups in total. The summed E-state index contributed by atoms with van der Waals surface area (Å²) in [5, 5.41) is 10.2. The van der Waals surface area contributed by atoms with E-state index in [1.54, 1.807) is 6.08 Å². The summed E-state index contributed by atoms with van der Waals surface area (Å²) in [5.74, 6) is 0. The second kappa shape index (κ2) is 20.8. The van der Waals surface area contributed by atoms with Gasteiger partial charge in [-0.25, -0.2) is 0 Å². The first-order valence-electron chi connectivity index (χ1n) is 16.6. The van der Waals surface area contributed by atoms with Crippen LogP contribution in [-0.2, 0) is 13.0 Å². The lowest BCUT2D eigenvalue weighted by atomic mass is 9.92. The van der Waals surface area contributed by atoms with Gasteiger partial charge in [-0.05, 0) is 104 Å². The van der Waals surface area contributed by atoms with E-state index in [0.29, 0.717) is 0 Å². The standard InChI is InChI=1S/C28H36N4.C13H21N/c1-7-11-27(26-17-16-21(18-29-4)19-30-26)31-25-14-9-12-23(20(25)3)24-13-10-15-28(32(5)6)22(24)8-2;1-5-10-14-11-13(7-3)9-8-12(4)6-2/h9-17,19,29,31H,7-8,18H2,1-6H3;6-9,14H,2,4-5,10-11H2,1,3H3/b;9-8-,13-7+. The highest BCUT2D eigenvalue weighted by Gasteiger charge is 2.14. The Kier molecular flexibility index (Phi) is 17.2. The molecule has 5 nitrogen and oxygen atoms in total. The Morgan fingerprint density at radius 2 is 1.72 bits per heavy atom. The second-order valence-electron chi connectivity index (χ2n) is 11.4. The minimum Gasteiger partial charge on any atom is -0.377 e. The third-order valence-electron chi connectivity index (χ3n) is 7.67. The van der Waals surface area contributed by atoms with Crippen LogP contribution in [0.3, 0.4) is 0 Å². The largest absolute Gasteiger partial charge is 0.377 e. The summed E-state index contributed by atoms with van der Waals surface area (Å²) >= 11 is 0. The Hall–Kier alpha value is -4.19. The van der Waals surface area contributed by atoms with Crippen LogP contribution in [-0.4, -0.2) is 39.2 Å². The molecule has 46 heavy (non-hydrogen) atoms. The Balaban J connectivity index is 0.000000444. The molecule has 3 rings (SSSR count). The average molecular weight is 620 g/mol. The van der Waals surface area contributed by atoms with E-state index in [1.165, 1.54) is 45.5 Å². The van der Waals surface area contributed by atoms with Gasteiger partial charge in [0.15, 0.2) is 0 Å². The normalized spacial score (nSPS) is 11.7. The van der Waals surface area contributed by atoms with E-state index in [9.17, 15) is 0 Å². The molecule has 0 saturated heterocycles. The molecule has 246 valence electrons. The van der Waals surface area contributed by atoms with Gasteiger partial charge >= 0.3 is 0 Å². The summed E-state index contributed by atoms with van der Waals surface area (Å²) in [5.41, 5.74) is 13.0. The molecular formula is C41H57N5. The molecule has 0 saturated carbocycles. The number of anilines is 2. The van der Waals surface area contributed by atoms with Gasteiger partial charge in [0.25, 0.3) is 0 Å². The fraction of sp³-hybridized carbons (Fsp3) is 0.341. The van der Waals surface area contributed by atoms with Crippen molar-refractivity contribution in [3.63, 3.8) is 0 Å². The van der Waals surface area contributed by atoms with Crippen LogP contribution in [0, 0.1) is 6.92 Å². The van der Waals surface area contributed by atoms with Gasteiger partial charge in [-0.3, -0.25) is 4.98 Å².